The minimum Gasteiger partial charge on any atom is -0.365 e. The van der Waals surface area contributed by atoms with E-state index in [1.807, 2.05) is 12.1 Å². The number of hydrogen-bond acceptors (Lipinski definition) is 4. The van der Waals surface area contributed by atoms with Crippen LogP contribution in [0.4, 0.5) is 5.95 Å². The SMILES string of the molecule is Nc1noc(C2Cc3ccccc32)n1. The molecule has 2 aromatic rings. The van der Waals surface area contributed by atoms with Crippen molar-refractivity contribution < 1.29 is 4.52 Å². The number of anilines is 1. The number of nitrogens with two attached hydrogens (primary N) is 1. The number of benzene rings is 1. The molecular weight excluding hydrogens is 178 g/mol. The molecular formula is C10H9N3O. The Morgan fingerprint density at radius 2 is 2.21 bits per heavy atom. The lowest BCUT2D eigenvalue weighted by atomic mass is 9.77. The summed E-state index contributed by atoms with van der Waals surface area (Å²) in [5, 5.41) is 3.58. The van der Waals surface area contributed by atoms with Crippen LogP contribution in [0.25, 0.3) is 0 Å². The van der Waals surface area contributed by atoms with Gasteiger partial charge in [0.2, 0.25) is 5.89 Å². The number of aromatic nitrogens is 2. The van der Waals surface area contributed by atoms with Crippen molar-refractivity contribution in [2.45, 2.75) is 12.3 Å². The van der Waals surface area contributed by atoms with E-state index in [9.17, 15) is 0 Å². The highest BCUT2D eigenvalue weighted by molar-refractivity contribution is 5.43. The van der Waals surface area contributed by atoms with Gasteiger partial charge < -0.3 is 10.3 Å². The molecule has 0 bridgehead atoms. The van der Waals surface area contributed by atoms with Crippen LogP contribution in [-0.4, -0.2) is 10.1 Å². The average Bonchev–Trinajstić information content (AvgIpc) is 2.54. The predicted molar refractivity (Wildman–Crippen MR) is 50.7 cm³/mol. The highest BCUT2D eigenvalue weighted by Gasteiger charge is 2.31. The lowest BCUT2D eigenvalue weighted by Gasteiger charge is -2.26. The fourth-order valence-corrected chi connectivity index (χ4v) is 1.87. The smallest absolute Gasteiger partial charge is 0.260 e. The van der Waals surface area contributed by atoms with Crippen LogP contribution in [0.5, 0.6) is 0 Å². The lowest BCUT2D eigenvalue weighted by Crippen LogP contribution is -2.18. The number of rotatable bonds is 1. The van der Waals surface area contributed by atoms with Crippen molar-refractivity contribution in [1.29, 1.82) is 0 Å². The molecule has 0 spiro atoms. The van der Waals surface area contributed by atoms with E-state index in [2.05, 4.69) is 22.3 Å². The number of nitrogen functional groups attached to an aromatic ring is 1. The third kappa shape index (κ3) is 0.937. The molecule has 0 saturated heterocycles. The van der Waals surface area contributed by atoms with Gasteiger partial charge in [-0.05, 0) is 22.7 Å². The largest absolute Gasteiger partial charge is 0.365 e. The van der Waals surface area contributed by atoms with E-state index in [0.717, 1.165) is 6.42 Å². The molecule has 4 heteroatoms. The monoisotopic (exact) mass is 187 g/mol. The summed E-state index contributed by atoms with van der Waals surface area (Å²) in [6, 6.07) is 8.26. The highest BCUT2D eigenvalue weighted by atomic mass is 16.5. The van der Waals surface area contributed by atoms with Gasteiger partial charge in [0.05, 0.1) is 5.92 Å². The van der Waals surface area contributed by atoms with Crippen molar-refractivity contribution >= 4 is 5.95 Å². The van der Waals surface area contributed by atoms with Crippen molar-refractivity contribution in [3.05, 3.63) is 41.3 Å². The predicted octanol–water partition coefficient (Wildman–Crippen LogP) is 1.34. The van der Waals surface area contributed by atoms with Gasteiger partial charge in [-0.25, -0.2) is 0 Å². The van der Waals surface area contributed by atoms with Gasteiger partial charge in [-0.3, -0.25) is 0 Å². The molecule has 3 rings (SSSR count). The van der Waals surface area contributed by atoms with Gasteiger partial charge in [-0.2, -0.15) is 4.98 Å². The molecule has 1 unspecified atom stereocenters. The van der Waals surface area contributed by atoms with E-state index in [0.29, 0.717) is 5.89 Å². The van der Waals surface area contributed by atoms with Gasteiger partial charge in [0.25, 0.3) is 5.95 Å². The van der Waals surface area contributed by atoms with Crippen LogP contribution in [0, 0.1) is 0 Å². The summed E-state index contributed by atoms with van der Waals surface area (Å²) < 4.78 is 5.04. The first-order chi connectivity index (χ1) is 6.84. The van der Waals surface area contributed by atoms with Crippen LogP contribution in [0.15, 0.2) is 28.8 Å². The van der Waals surface area contributed by atoms with Gasteiger partial charge in [0.15, 0.2) is 0 Å². The van der Waals surface area contributed by atoms with Crippen LogP contribution in [-0.2, 0) is 6.42 Å². The second kappa shape index (κ2) is 2.57. The maximum absolute atomic E-state index is 5.40. The molecule has 14 heavy (non-hydrogen) atoms. The van der Waals surface area contributed by atoms with E-state index >= 15 is 0 Å². The molecule has 1 atom stereocenters. The van der Waals surface area contributed by atoms with E-state index in [1.165, 1.54) is 11.1 Å². The quantitative estimate of drug-likeness (QED) is 0.731. The van der Waals surface area contributed by atoms with Gasteiger partial charge in [-0.1, -0.05) is 24.3 Å². The standard InChI is InChI=1S/C10H9N3O/c11-10-12-9(14-13-10)8-5-6-3-1-2-4-7(6)8/h1-4,8H,5H2,(H2,11,13). The Balaban J connectivity index is 1.99. The Kier molecular flexibility index (Phi) is 1.39. The summed E-state index contributed by atoms with van der Waals surface area (Å²) in [6.07, 6.45) is 0.970. The molecule has 2 N–H and O–H groups in total. The summed E-state index contributed by atoms with van der Waals surface area (Å²) in [7, 11) is 0. The molecule has 1 aliphatic carbocycles. The summed E-state index contributed by atoms with van der Waals surface area (Å²) in [5.41, 5.74) is 8.03. The number of hydrogen-bond donors (Lipinski definition) is 1. The first-order valence-corrected chi connectivity index (χ1v) is 4.51. The molecule has 0 fully saturated rings. The van der Waals surface area contributed by atoms with Crippen LogP contribution in [0.3, 0.4) is 0 Å². The molecule has 4 nitrogen and oxygen atoms in total. The van der Waals surface area contributed by atoms with Crippen molar-refractivity contribution in [3.63, 3.8) is 0 Å². The van der Waals surface area contributed by atoms with Crippen molar-refractivity contribution in [2.24, 2.45) is 0 Å². The second-order valence-corrected chi connectivity index (χ2v) is 3.45. The van der Waals surface area contributed by atoms with Crippen LogP contribution < -0.4 is 5.73 Å². The zero-order valence-electron chi connectivity index (χ0n) is 7.47. The third-order valence-corrected chi connectivity index (χ3v) is 2.61. The molecule has 1 aliphatic rings. The lowest BCUT2D eigenvalue weighted by molar-refractivity contribution is 0.357. The number of nitrogens with zero attached hydrogens (tertiary/aromatic N) is 2. The molecule has 0 saturated carbocycles. The fraction of sp³-hybridized carbons (Fsp3) is 0.200. The highest BCUT2D eigenvalue weighted by Crippen LogP contribution is 2.38. The van der Waals surface area contributed by atoms with E-state index in [-0.39, 0.29) is 11.9 Å². The molecule has 1 aromatic heterocycles. The zero-order chi connectivity index (χ0) is 9.54. The average molecular weight is 187 g/mol. The minimum atomic E-state index is 0.212. The van der Waals surface area contributed by atoms with Gasteiger partial charge >= 0.3 is 0 Å². The number of fused-ring (bicyclic) bond motifs is 1. The Morgan fingerprint density at radius 3 is 2.93 bits per heavy atom. The first kappa shape index (κ1) is 7.55. The third-order valence-electron chi connectivity index (χ3n) is 2.61. The minimum absolute atomic E-state index is 0.212. The van der Waals surface area contributed by atoms with Crippen molar-refractivity contribution in [3.8, 4) is 0 Å². The summed E-state index contributed by atoms with van der Waals surface area (Å²) >= 11 is 0. The summed E-state index contributed by atoms with van der Waals surface area (Å²) in [6.45, 7) is 0. The maximum atomic E-state index is 5.40. The van der Waals surface area contributed by atoms with Gasteiger partial charge in [0.1, 0.15) is 0 Å². The van der Waals surface area contributed by atoms with Crippen molar-refractivity contribution in [1.82, 2.24) is 10.1 Å². The van der Waals surface area contributed by atoms with E-state index in [4.69, 9.17) is 10.3 Å². The molecule has 70 valence electrons. The van der Waals surface area contributed by atoms with Crippen molar-refractivity contribution in [2.75, 3.05) is 5.73 Å². The van der Waals surface area contributed by atoms with E-state index in [1.54, 1.807) is 0 Å². The van der Waals surface area contributed by atoms with E-state index < -0.39 is 0 Å². The maximum Gasteiger partial charge on any atom is 0.260 e. The fourth-order valence-electron chi connectivity index (χ4n) is 1.87. The molecule has 0 radical (unpaired) electrons. The molecule has 0 aliphatic heterocycles. The molecule has 0 amide bonds. The first-order valence-electron chi connectivity index (χ1n) is 4.51. The van der Waals surface area contributed by atoms with Gasteiger partial charge in [-0.15, -0.1) is 0 Å². The topological polar surface area (TPSA) is 64.9 Å². The Bertz CT molecular complexity index is 478. The second-order valence-electron chi connectivity index (χ2n) is 3.45. The van der Waals surface area contributed by atoms with Gasteiger partial charge in [0, 0.05) is 0 Å². The summed E-state index contributed by atoms with van der Waals surface area (Å²) in [5.74, 6) is 1.08. The van der Waals surface area contributed by atoms with Crippen LogP contribution >= 0.6 is 0 Å². The zero-order valence-corrected chi connectivity index (χ0v) is 7.47. The van der Waals surface area contributed by atoms with Crippen LogP contribution in [0.1, 0.15) is 22.9 Å². The molecule has 1 aromatic carbocycles. The normalized spacial score (nSPS) is 18.7. The Morgan fingerprint density at radius 1 is 1.36 bits per heavy atom. The van der Waals surface area contributed by atoms with Crippen LogP contribution in [0.2, 0.25) is 0 Å². The Labute approximate surface area is 80.7 Å². The molecule has 1 heterocycles. The summed E-state index contributed by atoms with van der Waals surface area (Å²) in [4.78, 5) is 4.03. The Hall–Kier alpha value is -1.84.